The lowest BCUT2D eigenvalue weighted by molar-refractivity contribution is -0.131. The average Bonchev–Trinajstić information content (AvgIpc) is 2.92. The van der Waals surface area contributed by atoms with Crippen LogP contribution in [0, 0.1) is 13.8 Å². The quantitative estimate of drug-likeness (QED) is 0.909. The molecule has 1 aromatic heterocycles. The van der Waals surface area contributed by atoms with E-state index in [4.69, 9.17) is 5.11 Å². The van der Waals surface area contributed by atoms with Crippen LogP contribution in [-0.2, 0) is 11.2 Å². The van der Waals surface area contributed by atoms with E-state index in [9.17, 15) is 9.59 Å². The van der Waals surface area contributed by atoms with Crippen LogP contribution >= 0.6 is 11.3 Å². The normalized spacial score (nSPS) is 17.5. The first-order valence-corrected chi connectivity index (χ1v) is 9.29. The van der Waals surface area contributed by atoms with Crippen molar-refractivity contribution in [3.05, 3.63) is 51.0 Å². The van der Waals surface area contributed by atoms with E-state index in [2.05, 4.69) is 4.98 Å². The number of aromatic carboxylic acids is 1. The first kappa shape index (κ1) is 17.6. The molecule has 132 valence electrons. The number of carboxylic acids is 1. The number of carboxylic acid groups (broad SMARTS) is 1. The van der Waals surface area contributed by atoms with E-state index in [1.807, 2.05) is 30.9 Å². The second-order valence-electron chi connectivity index (χ2n) is 6.52. The van der Waals surface area contributed by atoms with Gasteiger partial charge in [-0.05, 0) is 44.4 Å². The van der Waals surface area contributed by atoms with E-state index in [1.54, 1.807) is 23.5 Å². The minimum Gasteiger partial charge on any atom is -0.478 e. The van der Waals surface area contributed by atoms with Gasteiger partial charge in [0, 0.05) is 23.9 Å². The van der Waals surface area contributed by atoms with Gasteiger partial charge in [0.2, 0.25) is 5.91 Å². The molecular weight excluding hydrogens is 336 g/mol. The van der Waals surface area contributed by atoms with Gasteiger partial charge in [-0.25, -0.2) is 9.78 Å². The third-order valence-corrected chi connectivity index (χ3v) is 5.79. The summed E-state index contributed by atoms with van der Waals surface area (Å²) in [7, 11) is 0. The predicted molar refractivity (Wildman–Crippen MR) is 97.2 cm³/mol. The lowest BCUT2D eigenvalue weighted by Gasteiger charge is -2.33. The second-order valence-corrected chi connectivity index (χ2v) is 7.81. The van der Waals surface area contributed by atoms with Gasteiger partial charge in [0.25, 0.3) is 0 Å². The van der Waals surface area contributed by atoms with Gasteiger partial charge in [-0.2, -0.15) is 0 Å². The van der Waals surface area contributed by atoms with Crippen molar-refractivity contribution in [3.63, 3.8) is 0 Å². The monoisotopic (exact) mass is 358 g/mol. The Bertz CT molecular complexity index is 782. The summed E-state index contributed by atoms with van der Waals surface area (Å²) in [5, 5.41) is 10.0. The summed E-state index contributed by atoms with van der Waals surface area (Å²) in [6.07, 6.45) is 2.41. The Morgan fingerprint density at radius 1 is 1.28 bits per heavy atom. The Morgan fingerprint density at radius 3 is 2.60 bits per heavy atom. The SMILES string of the molecule is Cc1nc(C)c(CC(=O)N2CCCC(c3ccc(C(=O)O)cc3)C2)s1. The molecule has 1 fully saturated rings. The summed E-state index contributed by atoms with van der Waals surface area (Å²) in [5.41, 5.74) is 2.35. The summed E-state index contributed by atoms with van der Waals surface area (Å²) in [6, 6.07) is 7.03. The van der Waals surface area contributed by atoms with E-state index in [-0.39, 0.29) is 11.8 Å². The van der Waals surface area contributed by atoms with Crippen LogP contribution in [0.4, 0.5) is 0 Å². The molecule has 0 bridgehead atoms. The fourth-order valence-electron chi connectivity index (χ4n) is 3.36. The Balaban J connectivity index is 1.67. The van der Waals surface area contributed by atoms with Crippen molar-refractivity contribution in [2.24, 2.45) is 0 Å². The van der Waals surface area contributed by atoms with Crippen LogP contribution in [0.2, 0.25) is 0 Å². The van der Waals surface area contributed by atoms with Crippen molar-refractivity contribution >= 4 is 23.2 Å². The van der Waals surface area contributed by atoms with E-state index in [1.165, 1.54) is 0 Å². The molecule has 25 heavy (non-hydrogen) atoms. The number of hydrogen-bond donors (Lipinski definition) is 1. The van der Waals surface area contributed by atoms with Gasteiger partial charge in [-0.1, -0.05) is 12.1 Å². The molecule has 0 radical (unpaired) electrons. The molecule has 0 saturated carbocycles. The molecule has 2 heterocycles. The molecule has 1 aliphatic heterocycles. The number of amides is 1. The molecule has 1 unspecified atom stereocenters. The molecule has 0 spiro atoms. The van der Waals surface area contributed by atoms with Crippen LogP contribution in [0.15, 0.2) is 24.3 Å². The Kier molecular flexibility index (Phi) is 5.18. The molecule has 0 aliphatic carbocycles. The number of likely N-dealkylation sites (tertiary alicyclic amines) is 1. The number of aromatic nitrogens is 1. The maximum absolute atomic E-state index is 12.7. The van der Waals surface area contributed by atoms with E-state index >= 15 is 0 Å². The van der Waals surface area contributed by atoms with Crippen molar-refractivity contribution in [3.8, 4) is 0 Å². The molecule has 1 aliphatic rings. The van der Waals surface area contributed by atoms with Crippen molar-refractivity contribution in [2.75, 3.05) is 13.1 Å². The van der Waals surface area contributed by atoms with Gasteiger partial charge in [0.05, 0.1) is 22.7 Å². The van der Waals surface area contributed by atoms with Crippen LogP contribution in [0.3, 0.4) is 0 Å². The highest BCUT2D eigenvalue weighted by molar-refractivity contribution is 7.11. The standard InChI is InChI=1S/C19H22N2O3S/c1-12-17(25-13(2)20-12)10-18(22)21-9-3-4-16(11-21)14-5-7-15(8-6-14)19(23)24/h5-8,16H,3-4,9-11H2,1-2H3,(H,23,24). The minimum atomic E-state index is -0.915. The number of rotatable bonds is 4. The third kappa shape index (κ3) is 4.07. The zero-order valence-corrected chi connectivity index (χ0v) is 15.3. The number of piperidine rings is 1. The van der Waals surface area contributed by atoms with Gasteiger partial charge in [-0.3, -0.25) is 4.79 Å². The fourth-order valence-corrected chi connectivity index (χ4v) is 4.29. The maximum Gasteiger partial charge on any atom is 0.335 e. The van der Waals surface area contributed by atoms with Crippen LogP contribution in [-0.4, -0.2) is 40.0 Å². The molecular formula is C19H22N2O3S. The predicted octanol–water partition coefficient (Wildman–Crippen LogP) is 3.41. The highest BCUT2D eigenvalue weighted by atomic mass is 32.1. The van der Waals surface area contributed by atoms with Crippen LogP contribution in [0.25, 0.3) is 0 Å². The number of carbonyl (C=O) groups is 2. The van der Waals surface area contributed by atoms with E-state index in [0.29, 0.717) is 18.5 Å². The highest BCUT2D eigenvalue weighted by Crippen LogP contribution is 2.28. The van der Waals surface area contributed by atoms with Gasteiger partial charge < -0.3 is 10.0 Å². The summed E-state index contributed by atoms with van der Waals surface area (Å²) in [5.74, 6) is -0.495. The highest BCUT2D eigenvalue weighted by Gasteiger charge is 2.25. The van der Waals surface area contributed by atoms with Crippen LogP contribution in [0.1, 0.15) is 50.3 Å². The second kappa shape index (κ2) is 7.35. The smallest absolute Gasteiger partial charge is 0.335 e. The lowest BCUT2D eigenvalue weighted by Crippen LogP contribution is -2.39. The number of thiazole rings is 1. The van der Waals surface area contributed by atoms with Crippen molar-refractivity contribution in [1.82, 2.24) is 9.88 Å². The lowest BCUT2D eigenvalue weighted by atomic mass is 9.90. The molecule has 1 atom stereocenters. The topological polar surface area (TPSA) is 70.5 Å². The van der Waals surface area contributed by atoms with Gasteiger partial charge in [0.15, 0.2) is 0 Å². The average molecular weight is 358 g/mol. The molecule has 1 saturated heterocycles. The summed E-state index contributed by atoms with van der Waals surface area (Å²) < 4.78 is 0. The number of benzene rings is 1. The number of carbonyl (C=O) groups excluding carboxylic acids is 1. The Hall–Kier alpha value is -2.21. The Labute approximate surface area is 151 Å². The zero-order chi connectivity index (χ0) is 18.0. The van der Waals surface area contributed by atoms with E-state index < -0.39 is 5.97 Å². The summed E-state index contributed by atoms with van der Waals surface area (Å²) in [4.78, 5) is 31.0. The van der Waals surface area contributed by atoms with Crippen molar-refractivity contribution < 1.29 is 14.7 Å². The fraction of sp³-hybridized carbons (Fsp3) is 0.421. The molecule has 5 nitrogen and oxygen atoms in total. The largest absolute Gasteiger partial charge is 0.478 e. The minimum absolute atomic E-state index is 0.151. The van der Waals surface area contributed by atoms with Gasteiger partial charge >= 0.3 is 5.97 Å². The summed E-state index contributed by atoms with van der Waals surface area (Å²) in [6.45, 7) is 5.40. The van der Waals surface area contributed by atoms with Gasteiger partial charge in [-0.15, -0.1) is 11.3 Å². The zero-order valence-electron chi connectivity index (χ0n) is 14.5. The van der Waals surface area contributed by atoms with E-state index in [0.717, 1.165) is 40.5 Å². The number of hydrogen-bond acceptors (Lipinski definition) is 4. The first-order valence-electron chi connectivity index (χ1n) is 8.48. The molecule has 6 heteroatoms. The maximum atomic E-state index is 12.7. The molecule has 2 aromatic rings. The number of nitrogens with zero attached hydrogens (tertiary/aromatic N) is 2. The molecule has 3 rings (SSSR count). The first-order chi connectivity index (χ1) is 11.9. The van der Waals surface area contributed by atoms with Crippen LogP contribution < -0.4 is 0 Å². The molecule has 1 aromatic carbocycles. The number of aryl methyl sites for hydroxylation is 2. The molecule has 1 N–H and O–H groups in total. The van der Waals surface area contributed by atoms with Crippen molar-refractivity contribution in [1.29, 1.82) is 0 Å². The van der Waals surface area contributed by atoms with Crippen molar-refractivity contribution in [2.45, 2.75) is 39.0 Å². The Morgan fingerprint density at radius 2 is 2.00 bits per heavy atom. The van der Waals surface area contributed by atoms with Gasteiger partial charge in [0.1, 0.15) is 0 Å². The third-order valence-electron chi connectivity index (χ3n) is 4.71. The molecule has 1 amide bonds. The summed E-state index contributed by atoms with van der Waals surface area (Å²) >= 11 is 1.59. The van der Waals surface area contributed by atoms with Crippen LogP contribution in [0.5, 0.6) is 0 Å².